The average Bonchev–Trinajstić information content (AvgIpc) is 3.21. The smallest absolute Gasteiger partial charge is 0.149 e. The molecule has 0 radical (unpaired) electrons. The molecule has 0 unspecified atom stereocenters. The second-order valence-corrected chi connectivity index (χ2v) is 6.79. The molecule has 0 bridgehead atoms. The topological polar surface area (TPSA) is 57.4 Å². The number of aryl methyl sites for hydroxylation is 1. The van der Waals surface area contributed by atoms with Gasteiger partial charge in [-0.2, -0.15) is 5.26 Å². The number of aromatic amines is 1. The quantitative estimate of drug-likeness (QED) is 0.470. The van der Waals surface area contributed by atoms with E-state index >= 15 is 0 Å². The molecule has 4 nitrogen and oxygen atoms in total. The summed E-state index contributed by atoms with van der Waals surface area (Å²) in [4.78, 5) is 7.76. The van der Waals surface area contributed by atoms with Crippen molar-refractivity contribution in [3.8, 4) is 11.8 Å². The number of benzene rings is 2. The van der Waals surface area contributed by atoms with Gasteiger partial charge in [0.1, 0.15) is 11.9 Å². The van der Waals surface area contributed by atoms with E-state index in [4.69, 9.17) is 11.6 Å². The number of hydrogen-bond acceptors (Lipinski definition) is 2. The van der Waals surface area contributed by atoms with Crippen molar-refractivity contribution >= 4 is 34.3 Å². The Balaban J connectivity index is 1.82. The SMILES string of the molecule is Cc1cc(/C=C(\C#N)c2nc3ccccc3[nH]2)c(C)n1-c1ccccc1Cl. The molecule has 4 aromatic rings. The van der Waals surface area contributed by atoms with Crippen LogP contribution in [0.2, 0.25) is 5.02 Å². The number of rotatable bonds is 3. The molecule has 0 amide bonds. The first kappa shape index (κ1) is 17.1. The van der Waals surface area contributed by atoms with Gasteiger partial charge in [-0.3, -0.25) is 0 Å². The van der Waals surface area contributed by atoms with Crippen molar-refractivity contribution in [2.75, 3.05) is 0 Å². The van der Waals surface area contributed by atoms with Crippen molar-refractivity contribution in [1.82, 2.24) is 14.5 Å². The van der Waals surface area contributed by atoms with Crippen LogP contribution in [0, 0.1) is 25.2 Å². The zero-order valence-corrected chi connectivity index (χ0v) is 15.7. The van der Waals surface area contributed by atoms with Gasteiger partial charge in [0.15, 0.2) is 0 Å². The third kappa shape index (κ3) is 3.03. The maximum atomic E-state index is 9.69. The van der Waals surface area contributed by atoms with E-state index in [1.54, 1.807) is 0 Å². The molecule has 2 aromatic heterocycles. The van der Waals surface area contributed by atoms with Crippen LogP contribution in [0.4, 0.5) is 0 Å². The lowest BCUT2D eigenvalue weighted by atomic mass is 10.1. The third-order valence-electron chi connectivity index (χ3n) is 4.63. The number of H-pyrrole nitrogens is 1. The number of nitrogens with zero attached hydrogens (tertiary/aromatic N) is 3. The van der Waals surface area contributed by atoms with Gasteiger partial charge in [-0.15, -0.1) is 0 Å². The molecule has 1 N–H and O–H groups in total. The van der Waals surface area contributed by atoms with E-state index in [2.05, 4.69) is 26.7 Å². The van der Waals surface area contributed by atoms with Crippen LogP contribution in [0.5, 0.6) is 0 Å². The molecule has 4 rings (SSSR count). The summed E-state index contributed by atoms with van der Waals surface area (Å²) in [7, 11) is 0. The fraction of sp³-hybridized carbons (Fsp3) is 0.0909. The largest absolute Gasteiger partial charge is 0.337 e. The van der Waals surface area contributed by atoms with Crippen molar-refractivity contribution in [3.05, 3.63) is 82.4 Å². The molecular weight excluding hydrogens is 356 g/mol. The molecule has 0 atom stereocenters. The van der Waals surface area contributed by atoms with Crippen molar-refractivity contribution in [2.24, 2.45) is 0 Å². The van der Waals surface area contributed by atoms with Crippen LogP contribution in [-0.2, 0) is 0 Å². The van der Waals surface area contributed by atoms with Gasteiger partial charge in [-0.05, 0) is 55.8 Å². The van der Waals surface area contributed by atoms with Gasteiger partial charge in [0.2, 0.25) is 0 Å². The molecule has 5 heteroatoms. The molecule has 132 valence electrons. The zero-order valence-electron chi connectivity index (χ0n) is 15.0. The van der Waals surface area contributed by atoms with Gasteiger partial charge in [0.25, 0.3) is 0 Å². The monoisotopic (exact) mass is 372 g/mol. The summed E-state index contributed by atoms with van der Waals surface area (Å²) in [6, 6.07) is 19.8. The Morgan fingerprint density at radius 1 is 1.15 bits per heavy atom. The molecule has 27 heavy (non-hydrogen) atoms. The Kier molecular flexibility index (Phi) is 4.31. The highest BCUT2D eigenvalue weighted by molar-refractivity contribution is 6.32. The van der Waals surface area contributed by atoms with Crippen LogP contribution in [0.1, 0.15) is 22.8 Å². The minimum atomic E-state index is 0.491. The number of nitriles is 1. The Hall–Kier alpha value is -3.29. The minimum Gasteiger partial charge on any atom is -0.337 e. The zero-order chi connectivity index (χ0) is 19.0. The first-order chi connectivity index (χ1) is 13.1. The van der Waals surface area contributed by atoms with Crippen LogP contribution in [0.3, 0.4) is 0 Å². The Labute approximate surface area is 162 Å². The number of aromatic nitrogens is 3. The van der Waals surface area contributed by atoms with E-state index in [1.807, 2.05) is 68.5 Å². The van der Waals surface area contributed by atoms with Gasteiger partial charge < -0.3 is 9.55 Å². The molecule has 2 aromatic carbocycles. The molecule has 0 aliphatic heterocycles. The predicted octanol–water partition coefficient (Wildman–Crippen LogP) is 5.69. The number of imidazole rings is 1. The predicted molar refractivity (Wildman–Crippen MR) is 110 cm³/mol. The van der Waals surface area contributed by atoms with Crippen molar-refractivity contribution in [2.45, 2.75) is 13.8 Å². The number of halogens is 1. The van der Waals surface area contributed by atoms with Gasteiger partial charge >= 0.3 is 0 Å². The maximum Gasteiger partial charge on any atom is 0.149 e. The van der Waals surface area contributed by atoms with Gasteiger partial charge in [0.05, 0.1) is 27.3 Å². The van der Waals surface area contributed by atoms with Crippen LogP contribution in [0.25, 0.3) is 28.4 Å². The highest BCUT2D eigenvalue weighted by Crippen LogP contribution is 2.28. The molecule has 2 heterocycles. The lowest BCUT2D eigenvalue weighted by molar-refractivity contribution is 0.965. The van der Waals surface area contributed by atoms with Gasteiger partial charge in [-0.25, -0.2) is 4.98 Å². The Morgan fingerprint density at radius 3 is 2.63 bits per heavy atom. The molecule has 0 spiro atoms. The van der Waals surface area contributed by atoms with Crippen LogP contribution < -0.4 is 0 Å². The van der Waals surface area contributed by atoms with Crippen LogP contribution in [-0.4, -0.2) is 14.5 Å². The summed E-state index contributed by atoms with van der Waals surface area (Å²) in [6.45, 7) is 4.05. The third-order valence-corrected chi connectivity index (χ3v) is 4.95. The summed E-state index contributed by atoms with van der Waals surface area (Å²) in [5.41, 5.74) is 6.20. The highest BCUT2D eigenvalue weighted by atomic mass is 35.5. The summed E-state index contributed by atoms with van der Waals surface area (Å²) < 4.78 is 2.10. The second-order valence-electron chi connectivity index (χ2n) is 6.39. The van der Waals surface area contributed by atoms with E-state index in [0.717, 1.165) is 33.7 Å². The number of nitrogens with one attached hydrogen (secondary N) is 1. The molecule has 0 aliphatic rings. The lowest BCUT2D eigenvalue weighted by Crippen LogP contribution is -1.99. The summed E-state index contributed by atoms with van der Waals surface area (Å²) in [5, 5.41) is 10.4. The van der Waals surface area contributed by atoms with E-state index in [1.165, 1.54) is 0 Å². The van der Waals surface area contributed by atoms with E-state index < -0.39 is 0 Å². The second kappa shape index (κ2) is 6.79. The summed E-state index contributed by atoms with van der Waals surface area (Å²) in [6.07, 6.45) is 1.87. The lowest BCUT2D eigenvalue weighted by Gasteiger charge is -2.11. The first-order valence-corrected chi connectivity index (χ1v) is 8.97. The number of fused-ring (bicyclic) bond motifs is 1. The number of hydrogen-bond donors (Lipinski definition) is 1. The fourth-order valence-electron chi connectivity index (χ4n) is 3.33. The summed E-state index contributed by atoms with van der Waals surface area (Å²) in [5.74, 6) is 0.571. The normalized spacial score (nSPS) is 11.7. The van der Waals surface area contributed by atoms with E-state index in [0.29, 0.717) is 16.4 Å². The van der Waals surface area contributed by atoms with Crippen molar-refractivity contribution in [1.29, 1.82) is 5.26 Å². The van der Waals surface area contributed by atoms with Crippen molar-refractivity contribution < 1.29 is 0 Å². The van der Waals surface area contributed by atoms with Gasteiger partial charge in [0, 0.05) is 11.4 Å². The number of para-hydroxylation sites is 3. The molecule has 0 saturated carbocycles. The Bertz CT molecular complexity index is 1190. The molecule has 0 fully saturated rings. The Morgan fingerprint density at radius 2 is 1.89 bits per heavy atom. The molecule has 0 aliphatic carbocycles. The number of allylic oxidation sites excluding steroid dienone is 1. The van der Waals surface area contributed by atoms with E-state index in [9.17, 15) is 5.26 Å². The first-order valence-electron chi connectivity index (χ1n) is 8.59. The summed E-state index contributed by atoms with van der Waals surface area (Å²) >= 11 is 6.38. The standard InChI is InChI=1S/C22H17ClN4/c1-14-11-16(15(2)27(14)21-10-6-3-7-18(21)23)12-17(13-24)22-25-19-8-4-5-9-20(19)26-22/h3-12H,1-2H3,(H,25,26)/b17-12+. The molecule has 0 saturated heterocycles. The average molecular weight is 373 g/mol. The fourth-order valence-corrected chi connectivity index (χ4v) is 3.55. The maximum absolute atomic E-state index is 9.69. The molecular formula is C22H17ClN4. The minimum absolute atomic E-state index is 0.491. The highest BCUT2D eigenvalue weighted by Gasteiger charge is 2.14. The van der Waals surface area contributed by atoms with Crippen molar-refractivity contribution in [3.63, 3.8) is 0 Å². The van der Waals surface area contributed by atoms with Crippen LogP contribution in [0.15, 0.2) is 54.6 Å². The van der Waals surface area contributed by atoms with Crippen LogP contribution >= 0.6 is 11.6 Å². The van der Waals surface area contributed by atoms with Gasteiger partial charge in [-0.1, -0.05) is 35.9 Å². The van der Waals surface area contributed by atoms with E-state index in [-0.39, 0.29) is 0 Å².